The van der Waals surface area contributed by atoms with Gasteiger partial charge in [0.15, 0.2) is 0 Å². The van der Waals surface area contributed by atoms with Crippen molar-refractivity contribution in [2.45, 2.75) is 0 Å². The van der Waals surface area contributed by atoms with Gasteiger partial charge < -0.3 is 9.64 Å². The number of rotatable bonds is 4. The summed E-state index contributed by atoms with van der Waals surface area (Å²) in [6.45, 7) is 3.91. The largest absolute Gasteiger partial charge is 0.379 e. The molecule has 0 N–H and O–H groups in total. The van der Waals surface area contributed by atoms with Crippen molar-refractivity contribution in [3.8, 4) is 0 Å². The maximum atomic E-state index is 11.0. The van der Waals surface area contributed by atoms with E-state index in [0.717, 1.165) is 38.4 Å². The molecule has 1 aliphatic rings. The van der Waals surface area contributed by atoms with Gasteiger partial charge in [0.1, 0.15) is 0 Å². The van der Waals surface area contributed by atoms with Gasteiger partial charge in [-0.15, -0.1) is 0 Å². The standard InChI is InChI=1S/C12H16N2O2/c15-11-14(12-4-2-1-3-5-12)10-13-6-8-16-9-7-13/h1-5,11H,6-10H2. The van der Waals surface area contributed by atoms with Gasteiger partial charge >= 0.3 is 0 Å². The van der Waals surface area contributed by atoms with Crippen LogP contribution >= 0.6 is 0 Å². The Morgan fingerprint density at radius 3 is 2.56 bits per heavy atom. The van der Waals surface area contributed by atoms with E-state index in [4.69, 9.17) is 4.74 Å². The Kier molecular flexibility index (Phi) is 3.91. The van der Waals surface area contributed by atoms with Crippen LogP contribution in [0.2, 0.25) is 0 Å². The van der Waals surface area contributed by atoms with Gasteiger partial charge in [-0.05, 0) is 12.1 Å². The average Bonchev–Trinajstić information content (AvgIpc) is 2.38. The van der Waals surface area contributed by atoms with Gasteiger partial charge in [0, 0.05) is 18.8 Å². The molecule has 4 nitrogen and oxygen atoms in total. The van der Waals surface area contributed by atoms with Crippen LogP contribution in [0.25, 0.3) is 0 Å². The molecule has 0 saturated carbocycles. The number of nitrogens with zero attached hydrogens (tertiary/aromatic N) is 2. The molecule has 86 valence electrons. The molecule has 0 bridgehead atoms. The van der Waals surface area contributed by atoms with Gasteiger partial charge in [0.25, 0.3) is 0 Å². The fourth-order valence-electron chi connectivity index (χ4n) is 1.75. The van der Waals surface area contributed by atoms with Gasteiger partial charge in [-0.3, -0.25) is 9.69 Å². The first-order valence-corrected chi connectivity index (χ1v) is 5.47. The molecule has 2 rings (SSSR count). The van der Waals surface area contributed by atoms with E-state index in [1.54, 1.807) is 4.90 Å². The van der Waals surface area contributed by atoms with Crippen molar-refractivity contribution in [3.05, 3.63) is 30.3 Å². The number of ether oxygens (including phenoxy) is 1. The number of benzene rings is 1. The van der Waals surface area contributed by atoms with E-state index < -0.39 is 0 Å². The zero-order valence-corrected chi connectivity index (χ0v) is 9.21. The highest BCUT2D eigenvalue weighted by atomic mass is 16.5. The molecular weight excluding hydrogens is 204 g/mol. The topological polar surface area (TPSA) is 32.8 Å². The lowest BCUT2D eigenvalue weighted by atomic mass is 10.3. The smallest absolute Gasteiger partial charge is 0.215 e. The first-order valence-electron chi connectivity index (χ1n) is 5.47. The summed E-state index contributed by atoms with van der Waals surface area (Å²) in [7, 11) is 0. The average molecular weight is 220 g/mol. The van der Waals surface area contributed by atoms with Crippen LogP contribution in [0.4, 0.5) is 5.69 Å². The van der Waals surface area contributed by atoms with Crippen LogP contribution in [0.3, 0.4) is 0 Å². The van der Waals surface area contributed by atoms with Crippen LogP contribution in [0, 0.1) is 0 Å². The second-order valence-electron chi connectivity index (χ2n) is 3.78. The van der Waals surface area contributed by atoms with Crippen molar-refractivity contribution >= 4 is 12.1 Å². The molecule has 1 heterocycles. The van der Waals surface area contributed by atoms with Gasteiger partial charge in [-0.2, -0.15) is 0 Å². The molecule has 0 spiro atoms. The monoisotopic (exact) mass is 220 g/mol. The Labute approximate surface area is 95.4 Å². The van der Waals surface area contributed by atoms with E-state index >= 15 is 0 Å². The maximum absolute atomic E-state index is 11.0. The molecule has 0 atom stereocenters. The third kappa shape index (κ3) is 2.81. The summed E-state index contributed by atoms with van der Waals surface area (Å²) < 4.78 is 5.27. The molecule has 0 aromatic heterocycles. The highest BCUT2D eigenvalue weighted by molar-refractivity contribution is 5.74. The molecule has 0 aliphatic carbocycles. The molecule has 0 radical (unpaired) electrons. The van der Waals surface area contributed by atoms with E-state index in [-0.39, 0.29) is 0 Å². The summed E-state index contributed by atoms with van der Waals surface area (Å²) in [5, 5.41) is 0. The van der Waals surface area contributed by atoms with E-state index in [0.29, 0.717) is 6.67 Å². The Morgan fingerprint density at radius 2 is 1.94 bits per heavy atom. The molecule has 4 heteroatoms. The zero-order chi connectivity index (χ0) is 11.2. The van der Waals surface area contributed by atoms with Gasteiger partial charge in [-0.1, -0.05) is 18.2 Å². The number of carbonyl (C=O) groups is 1. The van der Waals surface area contributed by atoms with Gasteiger partial charge in [0.05, 0.1) is 19.9 Å². The number of morpholine rings is 1. The van der Waals surface area contributed by atoms with E-state index in [2.05, 4.69) is 4.90 Å². The van der Waals surface area contributed by atoms with E-state index in [9.17, 15) is 4.79 Å². The summed E-state index contributed by atoms with van der Waals surface area (Å²) in [4.78, 5) is 15.0. The summed E-state index contributed by atoms with van der Waals surface area (Å²) in [6, 6.07) is 9.70. The Hall–Kier alpha value is -1.39. The van der Waals surface area contributed by atoms with Gasteiger partial charge in [0.2, 0.25) is 6.41 Å². The van der Waals surface area contributed by atoms with Crippen molar-refractivity contribution in [1.29, 1.82) is 0 Å². The molecule has 0 unspecified atom stereocenters. The molecular formula is C12H16N2O2. The minimum absolute atomic E-state index is 0.636. The minimum Gasteiger partial charge on any atom is -0.379 e. The highest BCUT2D eigenvalue weighted by Gasteiger charge is 2.14. The van der Waals surface area contributed by atoms with Crippen LogP contribution in [0.1, 0.15) is 0 Å². The van der Waals surface area contributed by atoms with Crippen LogP contribution in [0.15, 0.2) is 30.3 Å². The highest BCUT2D eigenvalue weighted by Crippen LogP contribution is 2.12. The minimum atomic E-state index is 0.636. The second-order valence-corrected chi connectivity index (χ2v) is 3.78. The summed E-state index contributed by atoms with van der Waals surface area (Å²) in [5.74, 6) is 0. The summed E-state index contributed by atoms with van der Waals surface area (Å²) >= 11 is 0. The number of anilines is 1. The molecule has 1 aromatic carbocycles. The Bertz CT molecular complexity index is 323. The first kappa shape index (κ1) is 11.1. The third-order valence-corrected chi connectivity index (χ3v) is 2.67. The SMILES string of the molecule is O=CN(CN1CCOCC1)c1ccccc1. The molecule has 1 saturated heterocycles. The first-order chi connectivity index (χ1) is 7.90. The molecule has 1 aliphatic heterocycles. The number of amides is 1. The lowest BCUT2D eigenvalue weighted by molar-refractivity contribution is -0.108. The van der Waals surface area contributed by atoms with Crippen molar-refractivity contribution in [2.75, 3.05) is 37.9 Å². The van der Waals surface area contributed by atoms with Crippen molar-refractivity contribution in [2.24, 2.45) is 0 Å². The van der Waals surface area contributed by atoms with Crippen LogP contribution in [-0.2, 0) is 9.53 Å². The Balaban J connectivity index is 1.97. The fraction of sp³-hybridized carbons (Fsp3) is 0.417. The van der Waals surface area contributed by atoms with Crippen molar-refractivity contribution in [3.63, 3.8) is 0 Å². The van der Waals surface area contributed by atoms with Crippen LogP contribution < -0.4 is 4.90 Å². The normalized spacial score (nSPS) is 17.0. The maximum Gasteiger partial charge on any atom is 0.215 e. The molecule has 1 aromatic rings. The number of hydrogen-bond acceptors (Lipinski definition) is 3. The van der Waals surface area contributed by atoms with E-state index in [1.165, 1.54) is 0 Å². The van der Waals surface area contributed by atoms with Crippen LogP contribution in [-0.4, -0.2) is 44.3 Å². The molecule has 16 heavy (non-hydrogen) atoms. The quantitative estimate of drug-likeness (QED) is 0.708. The summed E-state index contributed by atoms with van der Waals surface area (Å²) in [5.41, 5.74) is 0.934. The number of carbonyl (C=O) groups excluding carboxylic acids is 1. The predicted octanol–water partition coefficient (Wildman–Crippen LogP) is 0.939. The lowest BCUT2D eigenvalue weighted by Crippen LogP contribution is -2.43. The predicted molar refractivity (Wildman–Crippen MR) is 62.2 cm³/mol. The van der Waals surface area contributed by atoms with Gasteiger partial charge in [-0.25, -0.2) is 0 Å². The number of para-hydroxylation sites is 1. The van der Waals surface area contributed by atoms with Crippen LogP contribution in [0.5, 0.6) is 0 Å². The lowest BCUT2D eigenvalue weighted by Gasteiger charge is -2.30. The molecule has 1 fully saturated rings. The number of hydrogen-bond donors (Lipinski definition) is 0. The van der Waals surface area contributed by atoms with Crippen molar-refractivity contribution in [1.82, 2.24) is 4.90 Å². The molecule has 1 amide bonds. The van der Waals surface area contributed by atoms with E-state index in [1.807, 2.05) is 30.3 Å². The summed E-state index contributed by atoms with van der Waals surface area (Å²) in [6.07, 6.45) is 0.880. The second kappa shape index (κ2) is 5.63. The zero-order valence-electron chi connectivity index (χ0n) is 9.21. The third-order valence-electron chi connectivity index (χ3n) is 2.67. The van der Waals surface area contributed by atoms with Crippen molar-refractivity contribution < 1.29 is 9.53 Å². The Morgan fingerprint density at radius 1 is 1.25 bits per heavy atom. The fourth-order valence-corrected chi connectivity index (χ4v) is 1.75.